The van der Waals surface area contributed by atoms with Gasteiger partial charge in [0.15, 0.2) is 0 Å². The third kappa shape index (κ3) is 67.3. The van der Waals surface area contributed by atoms with E-state index in [9.17, 15) is 19.8 Å². The van der Waals surface area contributed by atoms with Crippen LogP contribution >= 0.6 is 0 Å². The fourth-order valence-corrected chi connectivity index (χ4v) is 11.8. The summed E-state index contributed by atoms with van der Waals surface area (Å²) < 4.78 is 5.48. The number of esters is 1. The van der Waals surface area contributed by atoms with Crippen LogP contribution in [0.2, 0.25) is 0 Å². The minimum absolute atomic E-state index is 0.0183. The van der Waals surface area contributed by atoms with Crippen LogP contribution in [0, 0.1) is 0 Å². The first-order chi connectivity index (χ1) is 40.0. The van der Waals surface area contributed by atoms with Crippen LogP contribution in [0.5, 0.6) is 0 Å². The molecule has 2 unspecified atom stereocenters. The molecule has 6 nitrogen and oxygen atoms in total. The highest BCUT2D eigenvalue weighted by Crippen LogP contribution is 2.19. The van der Waals surface area contributed by atoms with E-state index in [1.807, 2.05) is 6.08 Å². The molecule has 0 aliphatic heterocycles. The summed E-state index contributed by atoms with van der Waals surface area (Å²) in [5, 5.41) is 23.3. The van der Waals surface area contributed by atoms with Gasteiger partial charge in [0.1, 0.15) is 0 Å². The highest BCUT2D eigenvalue weighted by molar-refractivity contribution is 5.76. The van der Waals surface area contributed by atoms with Gasteiger partial charge in [0.25, 0.3) is 0 Å². The maximum Gasteiger partial charge on any atom is 0.305 e. The summed E-state index contributed by atoms with van der Waals surface area (Å²) in [6, 6.07) is -0.626. The quantitative estimate of drug-likeness (QED) is 0.0320. The summed E-state index contributed by atoms with van der Waals surface area (Å²) in [4.78, 5) is 24.5. The molecular formula is C75H145NO5. The van der Waals surface area contributed by atoms with Crippen LogP contribution in [-0.4, -0.2) is 47.4 Å². The standard InChI is InChI=1S/C75H145NO5/c1-3-5-7-9-11-13-15-16-17-18-19-32-35-38-41-44-48-51-55-59-63-67-73(78)72(71-77)76-74(79)68-64-60-56-52-49-45-42-39-36-33-30-28-26-24-22-20-21-23-25-27-29-31-34-37-40-43-46-50-54-58-62-66-70-81-75(80)69-65-61-57-53-47-14-12-10-8-6-4-2/h23,25,63,67,72-73,77-78H,3-22,24,26-62,64-66,68-71H2,1-2H3,(H,76,79)/b25-23-,67-63+. The maximum atomic E-state index is 12.5. The van der Waals surface area contributed by atoms with Crippen LogP contribution in [0.3, 0.4) is 0 Å². The molecule has 2 atom stereocenters. The Bertz CT molecular complexity index is 1270. The van der Waals surface area contributed by atoms with Gasteiger partial charge in [-0.15, -0.1) is 0 Å². The molecule has 0 aromatic rings. The predicted octanol–water partition coefficient (Wildman–Crippen LogP) is 24.1. The van der Waals surface area contributed by atoms with E-state index in [1.165, 1.54) is 353 Å². The number of amides is 1. The smallest absolute Gasteiger partial charge is 0.305 e. The van der Waals surface area contributed by atoms with Crippen LogP contribution in [0.25, 0.3) is 0 Å². The first kappa shape index (κ1) is 79.3. The number of ether oxygens (including phenoxy) is 1. The molecule has 81 heavy (non-hydrogen) atoms. The first-order valence-electron chi connectivity index (χ1n) is 37.1. The molecule has 480 valence electrons. The number of aliphatic hydroxyl groups excluding tert-OH is 2. The Morgan fingerprint density at radius 3 is 0.877 bits per heavy atom. The summed E-state index contributed by atoms with van der Waals surface area (Å²) >= 11 is 0. The van der Waals surface area contributed by atoms with Crippen molar-refractivity contribution < 1.29 is 24.5 Å². The number of aliphatic hydroxyl groups is 2. The molecule has 0 heterocycles. The topological polar surface area (TPSA) is 95.9 Å². The van der Waals surface area contributed by atoms with E-state index in [1.54, 1.807) is 6.08 Å². The Kier molecular flexibility index (Phi) is 69.4. The third-order valence-electron chi connectivity index (χ3n) is 17.5. The number of rotatable bonds is 70. The lowest BCUT2D eigenvalue weighted by atomic mass is 10.0. The second-order valence-corrected chi connectivity index (χ2v) is 25.6. The number of nitrogens with one attached hydrogen (secondary N) is 1. The van der Waals surface area contributed by atoms with E-state index in [0.29, 0.717) is 19.4 Å². The second-order valence-electron chi connectivity index (χ2n) is 25.6. The van der Waals surface area contributed by atoms with Crippen molar-refractivity contribution in [3.63, 3.8) is 0 Å². The number of hydrogen-bond acceptors (Lipinski definition) is 5. The van der Waals surface area contributed by atoms with Gasteiger partial charge in [-0.05, 0) is 57.8 Å². The van der Waals surface area contributed by atoms with E-state index in [4.69, 9.17) is 4.74 Å². The van der Waals surface area contributed by atoms with E-state index < -0.39 is 12.1 Å². The van der Waals surface area contributed by atoms with Gasteiger partial charge < -0.3 is 20.3 Å². The highest BCUT2D eigenvalue weighted by Gasteiger charge is 2.18. The fourth-order valence-electron chi connectivity index (χ4n) is 11.8. The molecular weight excluding hydrogens is 995 g/mol. The van der Waals surface area contributed by atoms with Crippen LogP contribution in [-0.2, 0) is 14.3 Å². The molecule has 0 spiro atoms. The summed E-state index contributed by atoms with van der Waals surface area (Å²) in [6.07, 6.45) is 89.9. The Labute approximate surface area is 507 Å². The molecule has 0 saturated carbocycles. The molecule has 0 aliphatic carbocycles. The Morgan fingerprint density at radius 2 is 0.580 bits per heavy atom. The van der Waals surface area contributed by atoms with Crippen LogP contribution in [0.4, 0.5) is 0 Å². The van der Waals surface area contributed by atoms with Crippen LogP contribution < -0.4 is 5.32 Å². The zero-order chi connectivity index (χ0) is 58.5. The number of unbranched alkanes of at least 4 members (excludes halogenated alkanes) is 57. The molecule has 0 aromatic carbocycles. The summed E-state index contributed by atoms with van der Waals surface area (Å²) in [5.41, 5.74) is 0. The van der Waals surface area contributed by atoms with E-state index >= 15 is 0 Å². The van der Waals surface area contributed by atoms with Gasteiger partial charge in [-0.25, -0.2) is 0 Å². The minimum Gasteiger partial charge on any atom is -0.466 e. The zero-order valence-corrected chi connectivity index (χ0v) is 55.0. The van der Waals surface area contributed by atoms with Gasteiger partial charge >= 0.3 is 5.97 Å². The van der Waals surface area contributed by atoms with Gasteiger partial charge in [-0.1, -0.05) is 372 Å². The van der Waals surface area contributed by atoms with Crippen molar-refractivity contribution in [2.75, 3.05) is 13.2 Å². The average Bonchev–Trinajstić information content (AvgIpc) is 3.47. The molecule has 6 heteroatoms. The van der Waals surface area contributed by atoms with E-state index in [0.717, 1.165) is 38.5 Å². The molecule has 0 bridgehead atoms. The number of carbonyl (C=O) groups excluding carboxylic acids is 2. The molecule has 0 radical (unpaired) electrons. The van der Waals surface area contributed by atoms with Crippen molar-refractivity contribution in [3.05, 3.63) is 24.3 Å². The van der Waals surface area contributed by atoms with Crippen molar-refractivity contribution in [2.45, 2.75) is 431 Å². The van der Waals surface area contributed by atoms with Crippen LogP contribution in [0.1, 0.15) is 418 Å². The average molecular weight is 1140 g/mol. The molecule has 0 fully saturated rings. The van der Waals surface area contributed by atoms with Crippen molar-refractivity contribution in [2.24, 2.45) is 0 Å². The molecule has 0 saturated heterocycles. The van der Waals surface area contributed by atoms with Gasteiger partial charge in [0, 0.05) is 12.8 Å². The van der Waals surface area contributed by atoms with Gasteiger partial charge in [0.2, 0.25) is 5.91 Å². The van der Waals surface area contributed by atoms with Crippen molar-refractivity contribution in [1.82, 2.24) is 5.32 Å². The number of hydrogen-bond donors (Lipinski definition) is 3. The summed E-state index contributed by atoms with van der Waals surface area (Å²) in [5.74, 6) is -0.0426. The largest absolute Gasteiger partial charge is 0.466 e. The van der Waals surface area contributed by atoms with Crippen molar-refractivity contribution in [3.8, 4) is 0 Å². The third-order valence-corrected chi connectivity index (χ3v) is 17.5. The molecule has 3 N–H and O–H groups in total. The zero-order valence-electron chi connectivity index (χ0n) is 55.0. The lowest BCUT2D eigenvalue weighted by molar-refractivity contribution is -0.143. The second kappa shape index (κ2) is 70.8. The van der Waals surface area contributed by atoms with E-state index in [2.05, 4.69) is 31.3 Å². The van der Waals surface area contributed by atoms with Gasteiger partial charge in [0.05, 0.1) is 25.4 Å². The van der Waals surface area contributed by atoms with Crippen molar-refractivity contribution in [1.29, 1.82) is 0 Å². The molecule has 0 aliphatic rings. The van der Waals surface area contributed by atoms with Crippen molar-refractivity contribution >= 4 is 11.9 Å². The fraction of sp³-hybridized carbons (Fsp3) is 0.920. The number of allylic oxidation sites excluding steroid dienone is 3. The van der Waals surface area contributed by atoms with Gasteiger partial charge in [-0.3, -0.25) is 9.59 Å². The number of carbonyl (C=O) groups is 2. The normalized spacial score (nSPS) is 12.6. The van der Waals surface area contributed by atoms with Gasteiger partial charge in [-0.2, -0.15) is 0 Å². The van der Waals surface area contributed by atoms with Crippen LogP contribution in [0.15, 0.2) is 24.3 Å². The maximum absolute atomic E-state index is 12.5. The lowest BCUT2D eigenvalue weighted by Gasteiger charge is -2.20. The lowest BCUT2D eigenvalue weighted by Crippen LogP contribution is -2.45. The highest BCUT2D eigenvalue weighted by atomic mass is 16.5. The minimum atomic E-state index is -0.843. The monoisotopic (exact) mass is 1140 g/mol. The van der Waals surface area contributed by atoms with E-state index in [-0.39, 0.29) is 18.5 Å². The Hall–Kier alpha value is -1.66. The molecule has 0 rings (SSSR count). The molecule has 1 amide bonds. The molecule has 0 aromatic heterocycles. The summed E-state index contributed by atoms with van der Waals surface area (Å²) in [6.45, 7) is 4.94. The predicted molar refractivity (Wildman–Crippen MR) is 356 cm³/mol. The SMILES string of the molecule is CCCCCCCCCCCCCCCCCCCCC/C=C/C(O)C(CO)NC(=O)CCCCCCCCCCCCCCCCCC/C=C\CCCCCCCCCCCCCCOC(=O)CCCCCCCCCCCCC. The Balaban J connectivity index is 3.38. The Morgan fingerprint density at radius 1 is 0.333 bits per heavy atom. The first-order valence-corrected chi connectivity index (χ1v) is 37.1. The summed E-state index contributed by atoms with van der Waals surface area (Å²) in [7, 11) is 0.